The molecule has 2 aliphatic rings. The quantitative estimate of drug-likeness (QED) is 0.839. The molecule has 0 amide bonds. The average Bonchev–Trinajstić information content (AvgIpc) is 3.35. The Morgan fingerprint density at radius 2 is 1.74 bits per heavy atom. The first-order valence-electron chi connectivity index (χ1n) is 8.07. The van der Waals surface area contributed by atoms with Gasteiger partial charge in [0, 0.05) is 32.7 Å². The van der Waals surface area contributed by atoms with Crippen LogP contribution in [0.3, 0.4) is 0 Å². The highest BCUT2D eigenvalue weighted by Crippen LogP contribution is 2.33. The number of hydrogen-bond acceptors (Lipinski definition) is 4. The summed E-state index contributed by atoms with van der Waals surface area (Å²) in [6.07, 6.45) is 1.93. The molecule has 1 saturated heterocycles. The van der Waals surface area contributed by atoms with Crippen LogP contribution in [0, 0.1) is 11.7 Å². The van der Waals surface area contributed by atoms with Gasteiger partial charge in [0.1, 0.15) is 5.82 Å². The maximum absolute atomic E-state index is 12.9. The van der Waals surface area contributed by atoms with Crippen LogP contribution in [0.5, 0.6) is 0 Å². The summed E-state index contributed by atoms with van der Waals surface area (Å²) in [5.74, 6) is -0.0259. The molecule has 23 heavy (non-hydrogen) atoms. The van der Waals surface area contributed by atoms with E-state index in [1.807, 2.05) is 0 Å². The van der Waals surface area contributed by atoms with E-state index in [4.69, 9.17) is 0 Å². The number of nitrogens with zero attached hydrogens (tertiary/aromatic N) is 2. The number of β-amino-alcohol motifs (C(OH)–C–C–N with tert-alkyl or cyclic N) is 1. The lowest BCUT2D eigenvalue weighted by atomic mass is 10.2. The predicted octanol–water partition coefficient (Wildman–Crippen LogP) is 1.04. The molecule has 1 aromatic carbocycles. The van der Waals surface area contributed by atoms with E-state index in [0.717, 1.165) is 12.8 Å². The third kappa shape index (κ3) is 4.50. The third-order valence-corrected chi connectivity index (χ3v) is 6.45. The second kappa shape index (κ2) is 6.84. The zero-order chi connectivity index (χ0) is 16.4. The summed E-state index contributed by atoms with van der Waals surface area (Å²) in [7, 11) is -3.38. The first-order chi connectivity index (χ1) is 10.9. The van der Waals surface area contributed by atoms with Crippen molar-refractivity contribution in [3.63, 3.8) is 0 Å². The van der Waals surface area contributed by atoms with E-state index < -0.39 is 10.0 Å². The number of rotatable bonds is 6. The maximum Gasteiger partial charge on any atom is 0.218 e. The van der Waals surface area contributed by atoms with E-state index in [0.29, 0.717) is 44.2 Å². The van der Waals surface area contributed by atoms with Crippen molar-refractivity contribution in [1.82, 2.24) is 9.21 Å². The molecule has 0 bridgehead atoms. The second-order valence-corrected chi connectivity index (χ2v) is 8.46. The molecule has 1 heterocycles. The van der Waals surface area contributed by atoms with Crippen molar-refractivity contribution >= 4 is 10.0 Å². The highest BCUT2D eigenvalue weighted by molar-refractivity contribution is 7.88. The number of hydrogen-bond donors (Lipinski definition) is 1. The topological polar surface area (TPSA) is 60.9 Å². The van der Waals surface area contributed by atoms with Crippen LogP contribution >= 0.6 is 0 Å². The Hall–Kier alpha value is -1.02. The highest BCUT2D eigenvalue weighted by Gasteiger charge is 2.33. The van der Waals surface area contributed by atoms with Crippen LogP contribution in [0.1, 0.15) is 18.4 Å². The minimum absolute atomic E-state index is 0.0992. The van der Waals surface area contributed by atoms with Crippen LogP contribution in [-0.4, -0.2) is 61.6 Å². The predicted molar refractivity (Wildman–Crippen MR) is 85.8 cm³/mol. The minimum Gasteiger partial charge on any atom is -0.392 e. The van der Waals surface area contributed by atoms with Crippen LogP contribution in [0.4, 0.5) is 4.39 Å². The van der Waals surface area contributed by atoms with Crippen LogP contribution in [0.2, 0.25) is 0 Å². The number of piperazine rings is 1. The van der Waals surface area contributed by atoms with E-state index in [2.05, 4.69) is 4.90 Å². The molecule has 2 fully saturated rings. The van der Waals surface area contributed by atoms with Crippen molar-refractivity contribution in [3.8, 4) is 0 Å². The second-order valence-electron chi connectivity index (χ2n) is 6.49. The molecular formula is C16H23FN2O3S. The van der Waals surface area contributed by atoms with Gasteiger partial charge >= 0.3 is 0 Å². The van der Waals surface area contributed by atoms with Gasteiger partial charge < -0.3 is 5.11 Å². The molecule has 3 rings (SSSR count). The van der Waals surface area contributed by atoms with Crippen molar-refractivity contribution in [3.05, 3.63) is 35.6 Å². The standard InChI is InChI=1S/C16H23FN2O3S/c17-15-5-1-13(2-6-15)12-23(21,22)19-9-7-18(8-10-19)11-16(20)14-3-4-14/h1-2,5-6,14,16,20H,3-4,7-12H2/t16-/m0/s1. The number of aliphatic hydroxyl groups is 1. The Balaban J connectivity index is 1.52. The molecule has 7 heteroatoms. The van der Waals surface area contributed by atoms with Gasteiger partial charge in [0.2, 0.25) is 10.0 Å². The van der Waals surface area contributed by atoms with E-state index in [1.165, 1.54) is 28.6 Å². The smallest absolute Gasteiger partial charge is 0.218 e. The molecule has 1 aromatic rings. The Morgan fingerprint density at radius 3 is 2.30 bits per heavy atom. The fourth-order valence-corrected chi connectivity index (χ4v) is 4.48. The number of benzene rings is 1. The van der Waals surface area contributed by atoms with E-state index in [9.17, 15) is 17.9 Å². The number of sulfonamides is 1. The zero-order valence-corrected chi connectivity index (χ0v) is 13.9. The van der Waals surface area contributed by atoms with Crippen molar-refractivity contribution < 1.29 is 17.9 Å². The fourth-order valence-electron chi connectivity index (χ4n) is 2.97. The van der Waals surface area contributed by atoms with Crippen molar-refractivity contribution in [2.45, 2.75) is 24.7 Å². The lowest BCUT2D eigenvalue weighted by Gasteiger charge is -2.35. The lowest BCUT2D eigenvalue weighted by Crippen LogP contribution is -2.50. The summed E-state index contributed by atoms with van der Waals surface area (Å²) in [5, 5.41) is 9.98. The monoisotopic (exact) mass is 342 g/mol. The van der Waals surface area contributed by atoms with Gasteiger partial charge in [0.15, 0.2) is 0 Å². The van der Waals surface area contributed by atoms with E-state index >= 15 is 0 Å². The molecular weight excluding hydrogens is 319 g/mol. The average molecular weight is 342 g/mol. The minimum atomic E-state index is -3.38. The fraction of sp³-hybridized carbons (Fsp3) is 0.625. The molecule has 0 radical (unpaired) electrons. The molecule has 5 nitrogen and oxygen atoms in total. The van der Waals surface area contributed by atoms with Gasteiger partial charge in [-0.25, -0.2) is 12.8 Å². The summed E-state index contributed by atoms with van der Waals surface area (Å²) < 4.78 is 39.3. The van der Waals surface area contributed by atoms with Gasteiger partial charge in [0.25, 0.3) is 0 Å². The van der Waals surface area contributed by atoms with Gasteiger partial charge in [-0.3, -0.25) is 4.90 Å². The lowest BCUT2D eigenvalue weighted by molar-refractivity contribution is 0.0781. The van der Waals surface area contributed by atoms with Gasteiger partial charge in [-0.05, 0) is 36.5 Å². The van der Waals surface area contributed by atoms with Crippen molar-refractivity contribution in [2.24, 2.45) is 5.92 Å². The van der Waals surface area contributed by atoms with Crippen molar-refractivity contribution in [1.29, 1.82) is 0 Å². The molecule has 0 aromatic heterocycles. The molecule has 1 aliphatic heterocycles. The summed E-state index contributed by atoms with van der Waals surface area (Å²) in [6, 6.07) is 5.58. The molecule has 1 N–H and O–H groups in total. The first kappa shape index (κ1) is 16.8. The van der Waals surface area contributed by atoms with Crippen LogP contribution in [0.15, 0.2) is 24.3 Å². The summed E-state index contributed by atoms with van der Waals surface area (Å²) in [4.78, 5) is 2.13. The SMILES string of the molecule is O=S(=O)(Cc1ccc(F)cc1)N1CCN(C[C@H](O)C2CC2)CC1. The Kier molecular flexibility index (Phi) is 5.01. The Morgan fingerprint density at radius 1 is 1.13 bits per heavy atom. The third-order valence-electron chi connectivity index (χ3n) is 4.60. The van der Waals surface area contributed by atoms with Gasteiger partial charge in [-0.2, -0.15) is 4.31 Å². The van der Waals surface area contributed by atoms with Crippen LogP contribution < -0.4 is 0 Å². The van der Waals surface area contributed by atoms with Crippen LogP contribution in [0.25, 0.3) is 0 Å². The molecule has 128 valence electrons. The maximum atomic E-state index is 12.9. The van der Waals surface area contributed by atoms with E-state index in [1.54, 1.807) is 0 Å². The van der Waals surface area contributed by atoms with Crippen molar-refractivity contribution in [2.75, 3.05) is 32.7 Å². The Labute approximate surface area is 136 Å². The largest absolute Gasteiger partial charge is 0.392 e. The van der Waals surface area contributed by atoms with Gasteiger partial charge in [-0.1, -0.05) is 12.1 Å². The van der Waals surface area contributed by atoms with E-state index in [-0.39, 0.29) is 17.7 Å². The van der Waals surface area contributed by atoms with Gasteiger partial charge in [0.05, 0.1) is 11.9 Å². The highest BCUT2D eigenvalue weighted by atomic mass is 32.2. The molecule has 0 spiro atoms. The first-order valence-corrected chi connectivity index (χ1v) is 9.68. The molecule has 1 atom stereocenters. The van der Waals surface area contributed by atoms with Crippen LogP contribution in [-0.2, 0) is 15.8 Å². The Bertz CT molecular complexity index is 623. The number of halogens is 1. The summed E-state index contributed by atoms with van der Waals surface area (Å²) in [5.41, 5.74) is 0.595. The molecule has 1 saturated carbocycles. The summed E-state index contributed by atoms with van der Waals surface area (Å²) in [6.45, 7) is 2.82. The van der Waals surface area contributed by atoms with Gasteiger partial charge in [-0.15, -0.1) is 0 Å². The number of aliphatic hydroxyl groups excluding tert-OH is 1. The normalized spacial score (nSPS) is 22.2. The molecule has 0 unspecified atom stereocenters. The molecule has 1 aliphatic carbocycles. The zero-order valence-electron chi connectivity index (χ0n) is 13.1. The summed E-state index contributed by atoms with van der Waals surface area (Å²) >= 11 is 0.